The van der Waals surface area contributed by atoms with E-state index in [9.17, 15) is 0 Å². The van der Waals surface area contributed by atoms with E-state index in [1.165, 1.54) is 25.0 Å². The van der Waals surface area contributed by atoms with Crippen molar-refractivity contribution >= 4 is 0 Å². The van der Waals surface area contributed by atoms with Crippen LogP contribution in [-0.2, 0) is 6.54 Å². The van der Waals surface area contributed by atoms with Crippen molar-refractivity contribution in [2.24, 2.45) is 5.41 Å². The second-order valence-electron chi connectivity index (χ2n) is 5.65. The fraction of sp³-hybridized carbons (Fsp3) is 0.769. The van der Waals surface area contributed by atoms with Crippen molar-refractivity contribution in [3.05, 3.63) is 18.2 Å². The summed E-state index contributed by atoms with van der Waals surface area (Å²) in [5.74, 6) is 0. The highest BCUT2D eigenvalue weighted by atomic mass is 15.1. The highest BCUT2D eigenvalue weighted by molar-refractivity contribution is 4.99. The van der Waals surface area contributed by atoms with Gasteiger partial charge < -0.3 is 9.88 Å². The minimum atomic E-state index is 0.499. The van der Waals surface area contributed by atoms with Crippen LogP contribution in [0, 0.1) is 5.41 Å². The molecule has 0 atom stereocenters. The lowest BCUT2D eigenvalue weighted by atomic mass is 9.70. The minimum absolute atomic E-state index is 0.499. The monoisotopic (exact) mass is 221 g/mol. The maximum absolute atomic E-state index is 4.22. The van der Waals surface area contributed by atoms with E-state index >= 15 is 0 Å². The second kappa shape index (κ2) is 4.58. The molecule has 0 radical (unpaired) electrons. The molecule has 0 unspecified atom stereocenters. The van der Waals surface area contributed by atoms with Crippen molar-refractivity contribution in [2.45, 2.75) is 52.6 Å². The molecule has 1 fully saturated rings. The summed E-state index contributed by atoms with van der Waals surface area (Å²) in [5.41, 5.74) is 1.85. The summed E-state index contributed by atoms with van der Waals surface area (Å²) in [6, 6.07) is 0.499. The molecule has 1 N–H and O–H groups in total. The smallest absolute Gasteiger partial charge is 0.0951 e. The Morgan fingerprint density at radius 3 is 2.81 bits per heavy atom. The first-order chi connectivity index (χ1) is 7.61. The molecule has 0 amide bonds. The molecule has 0 aliphatic heterocycles. The fourth-order valence-electron chi connectivity index (χ4n) is 2.38. The van der Waals surface area contributed by atoms with Crippen LogP contribution in [0.2, 0.25) is 0 Å². The van der Waals surface area contributed by atoms with Gasteiger partial charge in [-0.2, -0.15) is 0 Å². The molecule has 16 heavy (non-hydrogen) atoms. The SMILES string of the molecule is CC(C)n1cncc1CNCC1(C)CCC1. The summed E-state index contributed by atoms with van der Waals surface area (Å²) in [4.78, 5) is 4.22. The van der Waals surface area contributed by atoms with E-state index < -0.39 is 0 Å². The van der Waals surface area contributed by atoms with Gasteiger partial charge in [0.2, 0.25) is 0 Å². The molecule has 1 aromatic heterocycles. The van der Waals surface area contributed by atoms with E-state index in [2.05, 4.69) is 35.6 Å². The van der Waals surface area contributed by atoms with E-state index in [1.54, 1.807) is 0 Å². The zero-order valence-electron chi connectivity index (χ0n) is 10.7. The predicted molar refractivity (Wildman–Crippen MR) is 66.3 cm³/mol. The number of hydrogen-bond acceptors (Lipinski definition) is 2. The topological polar surface area (TPSA) is 29.9 Å². The van der Waals surface area contributed by atoms with E-state index in [1.807, 2.05) is 12.5 Å². The van der Waals surface area contributed by atoms with Gasteiger partial charge in [-0.3, -0.25) is 0 Å². The van der Waals surface area contributed by atoms with Gasteiger partial charge in [-0.1, -0.05) is 13.3 Å². The maximum atomic E-state index is 4.22. The van der Waals surface area contributed by atoms with Gasteiger partial charge in [0.25, 0.3) is 0 Å². The predicted octanol–water partition coefficient (Wildman–Crippen LogP) is 2.74. The van der Waals surface area contributed by atoms with E-state index in [-0.39, 0.29) is 0 Å². The van der Waals surface area contributed by atoms with Gasteiger partial charge in [0.1, 0.15) is 0 Å². The van der Waals surface area contributed by atoms with Crippen LogP contribution in [0.15, 0.2) is 12.5 Å². The number of aromatic nitrogens is 2. The van der Waals surface area contributed by atoms with Crippen molar-refractivity contribution in [1.82, 2.24) is 14.9 Å². The van der Waals surface area contributed by atoms with Crippen LogP contribution >= 0.6 is 0 Å². The van der Waals surface area contributed by atoms with E-state index in [0.29, 0.717) is 11.5 Å². The van der Waals surface area contributed by atoms with Crippen molar-refractivity contribution in [1.29, 1.82) is 0 Å². The average molecular weight is 221 g/mol. The van der Waals surface area contributed by atoms with Gasteiger partial charge in [0.05, 0.1) is 12.0 Å². The van der Waals surface area contributed by atoms with Gasteiger partial charge in [0.15, 0.2) is 0 Å². The number of nitrogens with one attached hydrogen (secondary N) is 1. The molecule has 0 bridgehead atoms. The summed E-state index contributed by atoms with van der Waals surface area (Å²) < 4.78 is 2.23. The van der Waals surface area contributed by atoms with Crippen LogP contribution in [0.25, 0.3) is 0 Å². The Bertz CT molecular complexity index is 337. The van der Waals surface area contributed by atoms with Crippen LogP contribution in [0.4, 0.5) is 0 Å². The summed E-state index contributed by atoms with van der Waals surface area (Å²) in [7, 11) is 0. The third kappa shape index (κ3) is 2.46. The molecule has 0 saturated heterocycles. The Morgan fingerprint density at radius 2 is 2.25 bits per heavy atom. The quantitative estimate of drug-likeness (QED) is 0.828. The molecule has 1 aliphatic carbocycles. The molecule has 1 heterocycles. The molecule has 0 spiro atoms. The molecule has 90 valence electrons. The Labute approximate surface area is 98.3 Å². The van der Waals surface area contributed by atoms with Crippen molar-refractivity contribution < 1.29 is 0 Å². The first-order valence-electron chi connectivity index (χ1n) is 6.32. The normalized spacial score (nSPS) is 18.8. The Kier molecular flexibility index (Phi) is 3.33. The largest absolute Gasteiger partial charge is 0.331 e. The molecule has 3 nitrogen and oxygen atoms in total. The van der Waals surface area contributed by atoms with Crippen LogP contribution in [0.5, 0.6) is 0 Å². The van der Waals surface area contributed by atoms with Crippen molar-refractivity contribution in [3.8, 4) is 0 Å². The van der Waals surface area contributed by atoms with Crippen LogP contribution < -0.4 is 5.32 Å². The first-order valence-corrected chi connectivity index (χ1v) is 6.32. The van der Waals surface area contributed by atoms with E-state index in [4.69, 9.17) is 0 Å². The Morgan fingerprint density at radius 1 is 1.50 bits per heavy atom. The molecule has 1 aliphatic rings. The summed E-state index contributed by atoms with van der Waals surface area (Å²) in [5, 5.41) is 3.56. The minimum Gasteiger partial charge on any atom is -0.331 e. The molecular weight excluding hydrogens is 198 g/mol. The summed E-state index contributed by atoms with van der Waals surface area (Å²) in [6.45, 7) is 8.84. The van der Waals surface area contributed by atoms with Gasteiger partial charge in [-0.15, -0.1) is 0 Å². The number of imidazole rings is 1. The highest BCUT2D eigenvalue weighted by Crippen LogP contribution is 2.39. The van der Waals surface area contributed by atoms with Crippen molar-refractivity contribution in [2.75, 3.05) is 6.54 Å². The highest BCUT2D eigenvalue weighted by Gasteiger charge is 2.30. The molecular formula is C13H23N3. The van der Waals surface area contributed by atoms with Crippen LogP contribution in [0.1, 0.15) is 51.8 Å². The third-order valence-corrected chi connectivity index (χ3v) is 3.72. The third-order valence-electron chi connectivity index (χ3n) is 3.72. The van der Waals surface area contributed by atoms with Gasteiger partial charge in [0, 0.05) is 25.3 Å². The summed E-state index contributed by atoms with van der Waals surface area (Å²) in [6.07, 6.45) is 8.05. The standard InChI is InChI=1S/C13H23N3/c1-11(2)16-10-15-8-12(16)7-14-9-13(3)5-4-6-13/h8,10-11,14H,4-7,9H2,1-3H3. The van der Waals surface area contributed by atoms with Gasteiger partial charge >= 0.3 is 0 Å². The van der Waals surface area contributed by atoms with Gasteiger partial charge in [-0.25, -0.2) is 4.98 Å². The number of nitrogens with zero attached hydrogens (tertiary/aromatic N) is 2. The molecule has 3 heteroatoms. The van der Waals surface area contributed by atoms with Crippen molar-refractivity contribution in [3.63, 3.8) is 0 Å². The van der Waals surface area contributed by atoms with Gasteiger partial charge in [-0.05, 0) is 32.1 Å². The zero-order chi connectivity index (χ0) is 11.6. The fourth-order valence-corrected chi connectivity index (χ4v) is 2.38. The molecule has 1 saturated carbocycles. The lowest BCUT2D eigenvalue weighted by Crippen LogP contribution is -2.37. The number of hydrogen-bond donors (Lipinski definition) is 1. The molecule has 1 aromatic rings. The van der Waals surface area contributed by atoms with Crippen LogP contribution in [0.3, 0.4) is 0 Å². The lowest BCUT2D eigenvalue weighted by Gasteiger charge is -2.38. The second-order valence-corrected chi connectivity index (χ2v) is 5.65. The van der Waals surface area contributed by atoms with Crippen LogP contribution in [-0.4, -0.2) is 16.1 Å². The lowest BCUT2D eigenvalue weighted by molar-refractivity contribution is 0.156. The Balaban J connectivity index is 1.82. The first kappa shape index (κ1) is 11.6. The number of rotatable bonds is 5. The Hall–Kier alpha value is -0.830. The molecule has 0 aromatic carbocycles. The van der Waals surface area contributed by atoms with E-state index in [0.717, 1.165) is 13.1 Å². The summed E-state index contributed by atoms with van der Waals surface area (Å²) >= 11 is 0. The maximum Gasteiger partial charge on any atom is 0.0951 e. The average Bonchev–Trinajstić information content (AvgIpc) is 2.63. The molecule has 2 rings (SSSR count). The zero-order valence-corrected chi connectivity index (χ0v) is 10.7.